The van der Waals surface area contributed by atoms with Crippen molar-refractivity contribution in [3.63, 3.8) is 0 Å². The zero-order valence-corrected chi connectivity index (χ0v) is 13.8. The molecule has 23 heavy (non-hydrogen) atoms. The molecule has 6 nitrogen and oxygen atoms in total. The maximum absolute atomic E-state index is 13.2. The molecule has 0 atom stereocenters. The van der Waals surface area contributed by atoms with E-state index in [1.54, 1.807) is 26.0 Å². The summed E-state index contributed by atoms with van der Waals surface area (Å²) in [5.74, 6) is 0.632. The monoisotopic (exact) mass is 324 g/mol. The first-order valence-electron chi connectivity index (χ1n) is 7.25. The van der Waals surface area contributed by atoms with Gasteiger partial charge >= 0.3 is 6.16 Å². The number of aromatic nitrogens is 2. The van der Waals surface area contributed by atoms with Crippen LogP contribution in [0, 0.1) is 19.7 Å². The minimum atomic E-state index is -0.594. The molecule has 0 radical (unpaired) electrons. The van der Waals surface area contributed by atoms with E-state index in [0.29, 0.717) is 29.4 Å². The van der Waals surface area contributed by atoms with Gasteiger partial charge in [-0.15, -0.1) is 0 Å². The van der Waals surface area contributed by atoms with Gasteiger partial charge in [-0.2, -0.15) is 4.98 Å². The van der Waals surface area contributed by atoms with Gasteiger partial charge in [-0.05, 0) is 25.0 Å². The number of aryl methyl sites for hydroxylation is 2. The molecule has 0 aliphatic rings. The Labute approximate surface area is 134 Å². The maximum Gasteiger partial charge on any atom is 0.507 e. The Morgan fingerprint density at radius 3 is 2.61 bits per heavy atom. The first-order valence-corrected chi connectivity index (χ1v) is 7.25. The van der Waals surface area contributed by atoms with Crippen molar-refractivity contribution in [1.29, 1.82) is 0 Å². The van der Waals surface area contributed by atoms with E-state index < -0.39 is 6.16 Å². The van der Waals surface area contributed by atoms with E-state index in [0.717, 1.165) is 12.8 Å². The third-order valence-corrected chi connectivity index (χ3v) is 2.84. The SMILES string of the molecule is CCCCOC(=O)OC.Cc1nc(-c2ccc(C)c(F)c2)no1. The highest BCUT2D eigenvalue weighted by Crippen LogP contribution is 2.18. The van der Waals surface area contributed by atoms with Crippen molar-refractivity contribution in [2.75, 3.05) is 13.7 Å². The molecule has 2 aromatic rings. The molecule has 0 aliphatic carbocycles. The van der Waals surface area contributed by atoms with Crippen molar-refractivity contribution in [1.82, 2.24) is 10.1 Å². The lowest BCUT2D eigenvalue weighted by Crippen LogP contribution is -2.04. The van der Waals surface area contributed by atoms with Gasteiger partial charge in [-0.3, -0.25) is 0 Å². The van der Waals surface area contributed by atoms with Gasteiger partial charge in [0.1, 0.15) is 5.82 Å². The molecule has 0 aliphatic heterocycles. The molecular formula is C16H21FN2O4. The maximum atomic E-state index is 13.2. The summed E-state index contributed by atoms with van der Waals surface area (Å²) in [5.41, 5.74) is 1.24. The van der Waals surface area contributed by atoms with Gasteiger partial charge in [0.05, 0.1) is 13.7 Å². The summed E-state index contributed by atoms with van der Waals surface area (Å²) in [7, 11) is 1.30. The van der Waals surface area contributed by atoms with E-state index in [2.05, 4.69) is 19.6 Å². The van der Waals surface area contributed by atoms with Gasteiger partial charge in [0.2, 0.25) is 11.7 Å². The van der Waals surface area contributed by atoms with E-state index in [1.807, 2.05) is 6.92 Å². The zero-order chi connectivity index (χ0) is 17.2. The third-order valence-electron chi connectivity index (χ3n) is 2.84. The number of methoxy groups -OCH3 is 1. The Bertz CT molecular complexity index is 628. The van der Waals surface area contributed by atoms with Crippen molar-refractivity contribution in [2.24, 2.45) is 0 Å². The molecule has 0 amide bonds. The highest BCUT2D eigenvalue weighted by atomic mass is 19.1. The van der Waals surface area contributed by atoms with Crippen molar-refractivity contribution in [2.45, 2.75) is 33.6 Å². The summed E-state index contributed by atoms with van der Waals surface area (Å²) < 4.78 is 26.8. The molecule has 0 fully saturated rings. The van der Waals surface area contributed by atoms with Crippen LogP contribution in [-0.2, 0) is 9.47 Å². The minimum Gasteiger partial charge on any atom is -0.438 e. The summed E-state index contributed by atoms with van der Waals surface area (Å²) in [6.07, 6.45) is 1.33. The Hall–Kier alpha value is -2.44. The fraction of sp³-hybridized carbons (Fsp3) is 0.438. The summed E-state index contributed by atoms with van der Waals surface area (Å²) in [4.78, 5) is 14.2. The Kier molecular flexibility index (Phi) is 7.73. The number of benzene rings is 1. The van der Waals surface area contributed by atoms with Crippen LogP contribution < -0.4 is 0 Å². The van der Waals surface area contributed by atoms with E-state index >= 15 is 0 Å². The van der Waals surface area contributed by atoms with Crippen LogP contribution in [0.3, 0.4) is 0 Å². The number of hydrogen-bond donors (Lipinski definition) is 0. The molecule has 0 unspecified atom stereocenters. The second-order valence-corrected chi connectivity index (χ2v) is 4.76. The van der Waals surface area contributed by atoms with Crippen LogP contribution in [0.5, 0.6) is 0 Å². The number of ether oxygens (including phenoxy) is 2. The van der Waals surface area contributed by atoms with Gasteiger partial charge in [0, 0.05) is 12.5 Å². The van der Waals surface area contributed by atoms with Gasteiger partial charge in [0.25, 0.3) is 0 Å². The molecular weight excluding hydrogens is 303 g/mol. The fourth-order valence-electron chi connectivity index (χ4n) is 1.51. The second kappa shape index (κ2) is 9.55. The number of halogens is 1. The molecule has 126 valence electrons. The average Bonchev–Trinajstić information content (AvgIpc) is 2.97. The van der Waals surface area contributed by atoms with Crippen molar-refractivity contribution < 1.29 is 23.2 Å². The lowest BCUT2D eigenvalue weighted by molar-refractivity contribution is 0.0717. The van der Waals surface area contributed by atoms with Crippen molar-refractivity contribution in [3.05, 3.63) is 35.5 Å². The first-order chi connectivity index (χ1) is 11.0. The standard InChI is InChI=1S/C10H9FN2O.C6H12O3/c1-6-3-4-8(5-9(6)11)10-12-7(2)14-13-10;1-3-4-5-9-6(7)8-2/h3-5H,1-2H3;3-5H2,1-2H3. The number of carbonyl (C=O) groups excluding carboxylic acids is 1. The smallest absolute Gasteiger partial charge is 0.438 e. The predicted molar refractivity (Wildman–Crippen MR) is 82.4 cm³/mol. The van der Waals surface area contributed by atoms with Crippen LogP contribution >= 0.6 is 0 Å². The van der Waals surface area contributed by atoms with E-state index in [1.165, 1.54) is 13.2 Å². The molecule has 0 spiro atoms. The number of carbonyl (C=O) groups is 1. The number of unbranched alkanes of at least 4 members (excludes halogenated alkanes) is 1. The molecule has 7 heteroatoms. The molecule has 1 aromatic carbocycles. The molecule has 1 heterocycles. The molecule has 0 N–H and O–H groups in total. The summed E-state index contributed by atoms with van der Waals surface area (Å²) in [6.45, 7) is 5.89. The highest BCUT2D eigenvalue weighted by Gasteiger charge is 2.07. The van der Waals surface area contributed by atoms with Crippen LogP contribution in [0.25, 0.3) is 11.4 Å². The Balaban J connectivity index is 0.000000257. The van der Waals surface area contributed by atoms with E-state index in [9.17, 15) is 9.18 Å². The second-order valence-electron chi connectivity index (χ2n) is 4.76. The van der Waals surface area contributed by atoms with Gasteiger partial charge in [0.15, 0.2) is 0 Å². The molecule has 0 saturated carbocycles. The minimum absolute atomic E-state index is 0.259. The van der Waals surface area contributed by atoms with Gasteiger partial charge < -0.3 is 14.0 Å². The van der Waals surface area contributed by atoms with E-state index in [4.69, 9.17) is 4.52 Å². The molecule has 2 rings (SSSR count). The average molecular weight is 324 g/mol. The van der Waals surface area contributed by atoms with Crippen LogP contribution in [0.1, 0.15) is 31.2 Å². The zero-order valence-electron chi connectivity index (χ0n) is 13.8. The van der Waals surface area contributed by atoms with E-state index in [-0.39, 0.29) is 5.82 Å². The largest absolute Gasteiger partial charge is 0.507 e. The van der Waals surface area contributed by atoms with Crippen molar-refractivity contribution >= 4 is 6.16 Å². The summed E-state index contributed by atoms with van der Waals surface area (Å²) in [5, 5.41) is 3.70. The Morgan fingerprint density at radius 1 is 1.35 bits per heavy atom. The summed E-state index contributed by atoms with van der Waals surface area (Å²) >= 11 is 0. The third kappa shape index (κ3) is 6.46. The number of rotatable bonds is 4. The lowest BCUT2D eigenvalue weighted by Gasteiger charge is -1.99. The Morgan fingerprint density at radius 2 is 2.09 bits per heavy atom. The topological polar surface area (TPSA) is 74.5 Å². The molecule has 0 saturated heterocycles. The number of hydrogen-bond acceptors (Lipinski definition) is 6. The van der Waals surface area contributed by atoms with Crippen molar-refractivity contribution in [3.8, 4) is 11.4 Å². The van der Waals surface area contributed by atoms with Crippen LogP contribution in [0.2, 0.25) is 0 Å². The highest BCUT2D eigenvalue weighted by molar-refractivity contribution is 5.59. The normalized spacial score (nSPS) is 9.78. The lowest BCUT2D eigenvalue weighted by atomic mass is 10.1. The predicted octanol–water partition coefficient (Wildman–Crippen LogP) is 4.06. The van der Waals surface area contributed by atoms with Crippen LogP contribution in [-0.4, -0.2) is 30.0 Å². The fourth-order valence-corrected chi connectivity index (χ4v) is 1.51. The first kappa shape index (κ1) is 18.6. The molecule has 0 bridgehead atoms. The number of nitrogens with zero attached hydrogens (tertiary/aromatic N) is 2. The quantitative estimate of drug-likeness (QED) is 0.623. The van der Waals surface area contributed by atoms with Crippen LogP contribution in [0.15, 0.2) is 22.7 Å². The molecule has 1 aromatic heterocycles. The summed E-state index contributed by atoms with van der Waals surface area (Å²) in [6, 6.07) is 4.86. The van der Waals surface area contributed by atoms with Gasteiger partial charge in [-0.1, -0.05) is 30.6 Å². The van der Waals surface area contributed by atoms with Gasteiger partial charge in [-0.25, -0.2) is 9.18 Å². The van der Waals surface area contributed by atoms with Crippen LogP contribution in [0.4, 0.5) is 9.18 Å².